The Hall–Kier alpha value is -2.42. The Morgan fingerprint density at radius 2 is 2.00 bits per heavy atom. The van der Waals surface area contributed by atoms with Gasteiger partial charge in [0.15, 0.2) is 0 Å². The largest absolute Gasteiger partial charge is 0.481 e. The number of hydrogen-bond donors (Lipinski definition) is 1. The first-order valence-corrected chi connectivity index (χ1v) is 7.77. The van der Waals surface area contributed by atoms with Crippen LogP contribution in [0, 0.1) is 3.57 Å². The van der Waals surface area contributed by atoms with Gasteiger partial charge in [-0.05, 0) is 40.8 Å². The first kappa shape index (κ1) is 15.5. The second-order valence-corrected chi connectivity index (χ2v) is 5.87. The van der Waals surface area contributed by atoms with Gasteiger partial charge in [0.25, 0.3) is 5.91 Å². The SMILES string of the molecule is COc1ccc(C(=O)Nc2cc(-c3ccc(I)cc3)no2)cn1. The zero-order valence-electron chi connectivity index (χ0n) is 12.1. The monoisotopic (exact) mass is 421 g/mol. The smallest absolute Gasteiger partial charge is 0.259 e. The van der Waals surface area contributed by atoms with Crippen molar-refractivity contribution in [2.75, 3.05) is 12.4 Å². The number of benzene rings is 1. The number of anilines is 1. The van der Waals surface area contributed by atoms with Crippen LogP contribution in [0.15, 0.2) is 53.2 Å². The molecule has 0 spiro atoms. The Kier molecular flexibility index (Phi) is 4.56. The summed E-state index contributed by atoms with van der Waals surface area (Å²) in [5.41, 5.74) is 1.98. The van der Waals surface area contributed by atoms with Crippen molar-refractivity contribution in [2.24, 2.45) is 0 Å². The molecule has 1 aromatic carbocycles. The first-order valence-electron chi connectivity index (χ1n) is 6.70. The number of aromatic nitrogens is 2. The number of nitrogens with zero attached hydrogens (tertiary/aromatic N) is 2. The second kappa shape index (κ2) is 6.78. The van der Waals surface area contributed by atoms with Crippen molar-refractivity contribution >= 4 is 34.4 Å². The van der Waals surface area contributed by atoms with Gasteiger partial charge in [0, 0.05) is 27.5 Å². The van der Waals surface area contributed by atoms with E-state index in [2.05, 4.69) is 38.0 Å². The summed E-state index contributed by atoms with van der Waals surface area (Å²) < 4.78 is 11.2. The van der Waals surface area contributed by atoms with Crippen molar-refractivity contribution in [1.82, 2.24) is 10.1 Å². The number of ether oxygens (including phenoxy) is 1. The molecule has 116 valence electrons. The molecule has 3 aromatic rings. The summed E-state index contributed by atoms with van der Waals surface area (Å²) in [4.78, 5) is 16.1. The highest BCUT2D eigenvalue weighted by Gasteiger charge is 2.12. The third-order valence-electron chi connectivity index (χ3n) is 3.09. The van der Waals surface area contributed by atoms with Gasteiger partial charge in [-0.1, -0.05) is 17.3 Å². The maximum Gasteiger partial charge on any atom is 0.259 e. The zero-order valence-corrected chi connectivity index (χ0v) is 14.3. The first-order chi connectivity index (χ1) is 11.2. The van der Waals surface area contributed by atoms with E-state index in [0.29, 0.717) is 17.1 Å². The van der Waals surface area contributed by atoms with Crippen molar-refractivity contribution in [3.63, 3.8) is 0 Å². The number of methoxy groups -OCH3 is 1. The molecule has 0 saturated heterocycles. The fourth-order valence-electron chi connectivity index (χ4n) is 1.91. The van der Waals surface area contributed by atoms with Crippen LogP contribution in [-0.4, -0.2) is 23.2 Å². The van der Waals surface area contributed by atoms with E-state index >= 15 is 0 Å². The third kappa shape index (κ3) is 3.67. The van der Waals surface area contributed by atoms with Crippen molar-refractivity contribution in [3.05, 3.63) is 57.8 Å². The molecule has 0 saturated carbocycles. The van der Waals surface area contributed by atoms with Crippen LogP contribution in [0.2, 0.25) is 0 Å². The lowest BCUT2D eigenvalue weighted by Gasteiger charge is -2.02. The lowest BCUT2D eigenvalue weighted by atomic mass is 10.1. The molecular weight excluding hydrogens is 409 g/mol. The molecule has 0 aliphatic carbocycles. The summed E-state index contributed by atoms with van der Waals surface area (Å²) in [7, 11) is 1.52. The summed E-state index contributed by atoms with van der Waals surface area (Å²) in [6.45, 7) is 0. The van der Waals surface area contributed by atoms with E-state index in [-0.39, 0.29) is 11.8 Å². The molecule has 2 heterocycles. The third-order valence-corrected chi connectivity index (χ3v) is 3.81. The van der Waals surface area contributed by atoms with Crippen molar-refractivity contribution < 1.29 is 14.1 Å². The minimum absolute atomic E-state index is 0.277. The molecule has 23 heavy (non-hydrogen) atoms. The number of nitrogens with one attached hydrogen (secondary N) is 1. The molecule has 1 amide bonds. The van der Waals surface area contributed by atoms with E-state index in [4.69, 9.17) is 9.26 Å². The molecule has 0 aliphatic heterocycles. The van der Waals surface area contributed by atoms with E-state index in [1.807, 2.05) is 24.3 Å². The second-order valence-electron chi connectivity index (χ2n) is 4.63. The Morgan fingerprint density at radius 3 is 2.65 bits per heavy atom. The highest BCUT2D eigenvalue weighted by Crippen LogP contribution is 2.23. The van der Waals surface area contributed by atoms with Gasteiger partial charge in [0.1, 0.15) is 5.69 Å². The van der Waals surface area contributed by atoms with Gasteiger partial charge in [-0.15, -0.1) is 0 Å². The summed E-state index contributed by atoms with van der Waals surface area (Å²) in [5.74, 6) is 0.395. The van der Waals surface area contributed by atoms with Gasteiger partial charge in [-0.3, -0.25) is 10.1 Å². The number of hydrogen-bond acceptors (Lipinski definition) is 5. The standard InChI is InChI=1S/C16H12IN3O3/c1-22-14-7-4-11(9-18-14)16(21)19-15-8-13(20-23-15)10-2-5-12(17)6-3-10/h2-9H,1H3,(H,19,21). The lowest BCUT2D eigenvalue weighted by molar-refractivity contribution is 0.102. The number of amides is 1. The van der Waals surface area contributed by atoms with Crippen molar-refractivity contribution in [3.8, 4) is 17.1 Å². The Morgan fingerprint density at radius 1 is 1.22 bits per heavy atom. The number of carbonyl (C=O) groups is 1. The van der Waals surface area contributed by atoms with Crippen LogP contribution in [0.25, 0.3) is 11.3 Å². The average Bonchev–Trinajstić information content (AvgIpc) is 3.04. The van der Waals surface area contributed by atoms with Gasteiger partial charge in [0.2, 0.25) is 11.8 Å². The average molecular weight is 421 g/mol. The number of rotatable bonds is 4. The normalized spacial score (nSPS) is 10.3. The molecule has 3 rings (SSSR count). The Labute approximate surface area is 146 Å². The molecule has 0 unspecified atom stereocenters. The van der Waals surface area contributed by atoms with Crippen LogP contribution in [-0.2, 0) is 0 Å². The Bertz CT molecular complexity index is 813. The maximum absolute atomic E-state index is 12.1. The zero-order chi connectivity index (χ0) is 16.2. The van der Waals surface area contributed by atoms with Gasteiger partial charge >= 0.3 is 0 Å². The minimum atomic E-state index is -0.328. The number of carbonyl (C=O) groups excluding carboxylic acids is 1. The van der Waals surface area contributed by atoms with Crippen LogP contribution in [0.1, 0.15) is 10.4 Å². The van der Waals surface area contributed by atoms with Crippen molar-refractivity contribution in [1.29, 1.82) is 0 Å². The summed E-state index contributed by atoms with van der Waals surface area (Å²) in [6, 6.07) is 12.8. The van der Waals surface area contributed by atoms with E-state index in [0.717, 1.165) is 9.13 Å². The van der Waals surface area contributed by atoms with E-state index in [1.165, 1.54) is 13.3 Å². The van der Waals surface area contributed by atoms with Gasteiger partial charge in [-0.2, -0.15) is 0 Å². The topological polar surface area (TPSA) is 77.2 Å². The summed E-state index contributed by atoms with van der Waals surface area (Å²) in [5, 5.41) is 6.61. The predicted molar refractivity (Wildman–Crippen MR) is 93.4 cm³/mol. The van der Waals surface area contributed by atoms with Gasteiger partial charge in [0.05, 0.1) is 12.7 Å². The molecule has 0 radical (unpaired) electrons. The van der Waals surface area contributed by atoms with Gasteiger partial charge < -0.3 is 9.26 Å². The van der Waals surface area contributed by atoms with Crippen molar-refractivity contribution in [2.45, 2.75) is 0 Å². The maximum atomic E-state index is 12.1. The van der Waals surface area contributed by atoms with E-state index < -0.39 is 0 Å². The van der Waals surface area contributed by atoms with E-state index in [9.17, 15) is 4.79 Å². The van der Waals surface area contributed by atoms with Crippen LogP contribution in [0.5, 0.6) is 5.88 Å². The predicted octanol–water partition coefficient (Wildman–Crippen LogP) is 3.60. The molecule has 0 aliphatic rings. The van der Waals surface area contributed by atoms with Crippen LogP contribution in [0.3, 0.4) is 0 Å². The molecule has 7 heteroatoms. The fraction of sp³-hybridized carbons (Fsp3) is 0.0625. The Balaban J connectivity index is 1.73. The van der Waals surface area contributed by atoms with Crippen LogP contribution < -0.4 is 10.1 Å². The highest BCUT2D eigenvalue weighted by atomic mass is 127. The molecule has 0 fully saturated rings. The molecule has 1 N–H and O–H groups in total. The molecule has 2 aromatic heterocycles. The number of halogens is 1. The fourth-order valence-corrected chi connectivity index (χ4v) is 2.27. The van der Waals surface area contributed by atoms with E-state index in [1.54, 1.807) is 18.2 Å². The lowest BCUT2D eigenvalue weighted by Crippen LogP contribution is -2.11. The van der Waals surface area contributed by atoms with Gasteiger partial charge in [-0.25, -0.2) is 4.98 Å². The molecule has 0 atom stereocenters. The highest BCUT2D eigenvalue weighted by molar-refractivity contribution is 14.1. The summed E-state index contributed by atoms with van der Waals surface area (Å²) in [6.07, 6.45) is 1.44. The number of pyridine rings is 1. The quantitative estimate of drug-likeness (QED) is 0.652. The van der Waals surface area contributed by atoms with Crippen LogP contribution in [0.4, 0.5) is 5.88 Å². The minimum Gasteiger partial charge on any atom is -0.481 e. The van der Waals surface area contributed by atoms with Crippen LogP contribution >= 0.6 is 22.6 Å². The molecule has 0 bridgehead atoms. The summed E-state index contributed by atoms with van der Waals surface area (Å²) >= 11 is 2.23. The molecular formula is C16H12IN3O3. The molecule has 6 nitrogen and oxygen atoms in total.